The van der Waals surface area contributed by atoms with Gasteiger partial charge in [0.2, 0.25) is 0 Å². The van der Waals surface area contributed by atoms with Gasteiger partial charge in [-0.3, -0.25) is 0 Å². The third-order valence-corrected chi connectivity index (χ3v) is 5.08. The van der Waals surface area contributed by atoms with E-state index in [9.17, 15) is 5.11 Å². The maximum Gasteiger partial charge on any atom is 0.323 e. The van der Waals surface area contributed by atoms with Gasteiger partial charge < -0.3 is 9.84 Å². The van der Waals surface area contributed by atoms with Crippen molar-refractivity contribution in [1.82, 2.24) is 25.2 Å². The Labute approximate surface area is 174 Å². The van der Waals surface area contributed by atoms with Crippen molar-refractivity contribution in [3.8, 4) is 5.75 Å². The minimum Gasteiger partial charge on any atom is -0.497 e. The molecule has 0 saturated carbocycles. The first kappa shape index (κ1) is 20.1. The summed E-state index contributed by atoms with van der Waals surface area (Å²) in [6.07, 6.45) is 1.15. The van der Waals surface area contributed by atoms with Crippen LogP contribution in [0, 0.1) is 0 Å². The van der Waals surface area contributed by atoms with Crippen molar-refractivity contribution in [1.29, 1.82) is 0 Å². The average molecular weight is 432 g/mol. The van der Waals surface area contributed by atoms with Gasteiger partial charge in [-0.15, -0.1) is 5.10 Å². The van der Waals surface area contributed by atoms with Gasteiger partial charge >= 0.3 is 5.92 Å². The number of aromatic nitrogens is 5. The largest absolute Gasteiger partial charge is 0.497 e. The number of nitrogens with zero attached hydrogens (tertiary/aromatic N) is 5. The number of halogens is 3. The van der Waals surface area contributed by atoms with Crippen molar-refractivity contribution in [3.05, 3.63) is 77.2 Å². The molecule has 2 aromatic carbocycles. The number of methoxy groups -OCH3 is 1. The highest BCUT2D eigenvalue weighted by molar-refractivity contribution is 6.31. The van der Waals surface area contributed by atoms with Gasteiger partial charge in [0.05, 0.1) is 19.2 Å². The summed E-state index contributed by atoms with van der Waals surface area (Å²) in [6, 6.07) is 13.1. The molecule has 1 unspecified atom stereocenters. The van der Waals surface area contributed by atoms with E-state index in [-0.39, 0.29) is 5.56 Å². The van der Waals surface area contributed by atoms with E-state index < -0.39 is 23.8 Å². The molecule has 154 valence electrons. The Hall–Kier alpha value is -3.17. The molecule has 0 radical (unpaired) electrons. The average Bonchev–Trinajstić information content (AvgIpc) is 3.26. The van der Waals surface area contributed by atoms with Crippen LogP contribution in [0.1, 0.15) is 11.3 Å². The lowest BCUT2D eigenvalue weighted by atomic mass is 9.85. The number of pyridine rings is 1. The Morgan fingerprint density at radius 2 is 1.87 bits per heavy atom. The molecule has 4 aromatic rings. The van der Waals surface area contributed by atoms with Gasteiger partial charge in [0.15, 0.2) is 5.60 Å². The summed E-state index contributed by atoms with van der Waals surface area (Å²) in [5.41, 5.74) is -3.00. The van der Waals surface area contributed by atoms with E-state index in [1.54, 1.807) is 18.2 Å². The van der Waals surface area contributed by atoms with Gasteiger partial charge in [-0.05, 0) is 52.4 Å². The molecule has 2 aromatic heterocycles. The van der Waals surface area contributed by atoms with E-state index in [2.05, 4.69) is 20.5 Å². The number of aliphatic hydroxyl groups is 1. The highest BCUT2D eigenvalue weighted by Crippen LogP contribution is 2.46. The highest BCUT2D eigenvalue weighted by Gasteiger charge is 2.56. The van der Waals surface area contributed by atoms with Crippen molar-refractivity contribution >= 4 is 22.5 Å². The minimum atomic E-state index is -3.79. The third kappa shape index (κ3) is 3.46. The zero-order valence-corrected chi connectivity index (χ0v) is 16.5. The molecule has 1 atom stereocenters. The smallest absolute Gasteiger partial charge is 0.323 e. The first-order valence-corrected chi connectivity index (χ1v) is 9.23. The Bertz CT molecular complexity index is 1170. The number of fused-ring (bicyclic) bond motifs is 1. The van der Waals surface area contributed by atoms with Crippen molar-refractivity contribution in [2.45, 2.75) is 18.1 Å². The molecular weight excluding hydrogens is 416 g/mol. The van der Waals surface area contributed by atoms with Crippen molar-refractivity contribution < 1.29 is 18.6 Å². The van der Waals surface area contributed by atoms with Gasteiger partial charge in [-0.2, -0.15) is 8.78 Å². The monoisotopic (exact) mass is 431 g/mol. The molecule has 2 heterocycles. The Morgan fingerprint density at radius 3 is 2.53 bits per heavy atom. The number of alkyl halides is 2. The standard InChI is InChI=1S/C20H16ClF2N5O2/c1-30-16-6-3-14(4-7-16)19(29,11-28-12-24-26-27-28)20(22,23)18-9-2-13-10-15(21)5-8-17(13)25-18/h2-10,12,29H,11H2,1H3. The second-order valence-corrected chi connectivity index (χ2v) is 7.14. The number of rotatable bonds is 6. The molecule has 0 aliphatic rings. The second-order valence-electron chi connectivity index (χ2n) is 6.70. The zero-order valence-electron chi connectivity index (χ0n) is 15.7. The van der Waals surface area contributed by atoms with E-state index in [1.165, 1.54) is 43.5 Å². The summed E-state index contributed by atoms with van der Waals surface area (Å²) < 4.78 is 37.8. The molecule has 0 amide bonds. The number of hydrogen-bond acceptors (Lipinski definition) is 6. The molecule has 0 fully saturated rings. The van der Waals surface area contributed by atoms with Gasteiger partial charge in [-0.1, -0.05) is 29.8 Å². The van der Waals surface area contributed by atoms with E-state index >= 15 is 8.78 Å². The van der Waals surface area contributed by atoms with Gasteiger partial charge in [-0.25, -0.2) is 9.67 Å². The molecular formula is C20H16ClF2N5O2. The number of tetrazole rings is 1. The van der Waals surface area contributed by atoms with Crippen LogP contribution < -0.4 is 4.74 Å². The van der Waals surface area contributed by atoms with E-state index in [0.29, 0.717) is 21.7 Å². The fraction of sp³-hybridized carbons (Fsp3) is 0.200. The van der Waals surface area contributed by atoms with E-state index in [4.69, 9.17) is 16.3 Å². The minimum absolute atomic E-state index is 0.0400. The number of ether oxygens (including phenoxy) is 1. The molecule has 1 N–H and O–H groups in total. The summed E-state index contributed by atoms with van der Waals surface area (Å²) in [7, 11) is 1.46. The van der Waals surface area contributed by atoms with Crippen LogP contribution in [0.4, 0.5) is 8.78 Å². The predicted molar refractivity (Wildman–Crippen MR) is 105 cm³/mol. The second kappa shape index (κ2) is 7.58. The summed E-state index contributed by atoms with van der Waals surface area (Å²) in [4.78, 5) is 4.09. The van der Waals surface area contributed by atoms with Gasteiger partial charge in [0.25, 0.3) is 0 Å². The van der Waals surface area contributed by atoms with Gasteiger partial charge in [0.1, 0.15) is 17.8 Å². The van der Waals surface area contributed by atoms with Crippen LogP contribution in [0.5, 0.6) is 5.75 Å². The van der Waals surface area contributed by atoms with E-state index in [0.717, 1.165) is 11.0 Å². The third-order valence-electron chi connectivity index (χ3n) is 4.84. The maximum atomic E-state index is 15.8. The van der Waals surface area contributed by atoms with Crippen LogP contribution in [0.25, 0.3) is 10.9 Å². The summed E-state index contributed by atoms with van der Waals surface area (Å²) in [5.74, 6) is -3.32. The Balaban J connectivity index is 1.84. The normalized spacial score (nSPS) is 13.9. The lowest BCUT2D eigenvalue weighted by molar-refractivity contribution is -0.206. The van der Waals surface area contributed by atoms with Crippen LogP contribution in [0.15, 0.2) is 60.9 Å². The van der Waals surface area contributed by atoms with E-state index in [1.807, 2.05) is 0 Å². The van der Waals surface area contributed by atoms with Crippen molar-refractivity contribution in [2.75, 3.05) is 7.11 Å². The molecule has 10 heteroatoms. The fourth-order valence-corrected chi connectivity index (χ4v) is 3.39. The van der Waals surface area contributed by atoms with Crippen molar-refractivity contribution in [3.63, 3.8) is 0 Å². The van der Waals surface area contributed by atoms with Crippen LogP contribution in [0.3, 0.4) is 0 Å². The maximum absolute atomic E-state index is 15.8. The number of hydrogen-bond donors (Lipinski definition) is 1. The SMILES string of the molecule is COc1ccc(C(O)(Cn2cnnn2)C(F)(F)c2ccc3cc(Cl)ccc3n2)cc1. The van der Waals surface area contributed by atoms with Crippen LogP contribution >= 0.6 is 11.6 Å². The zero-order chi connectivity index (χ0) is 21.4. The predicted octanol–water partition coefficient (Wildman–Crippen LogP) is 3.56. The molecule has 30 heavy (non-hydrogen) atoms. The Morgan fingerprint density at radius 1 is 1.10 bits per heavy atom. The molecule has 4 rings (SSSR count). The molecule has 0 aliphatic carbocycles. The summed E-state index contributed by atoms with van der Waals surface area (Å²) in [5, 5.41) is 23.0. The lowest BCUT2D eigenvalue weighted by Gasteiger charge is -2.35. The molecule has 0 aliphatic heterocycles. The Kier molecular flexibility index (Phi) is 5.08. The summed E-state index contributed by atoms with van der Waals surface area (Å²) in [6.45, 7) is -0.598. The molecule has 0 saturated heterocycles. The summed E-state index contributed by atoms with van der Waals surface area (Å²) >= 11 is 5.96. The van der Waals surface area contributed by atoms with Crippen LogP contribution in [-0.2, 0) is 18.1 Å². The lowest BCUT2D eigenvalue weighted by Crippen LogP contribution is -2.47. The van der Waals surface area contributed by atoms with Gasteiger partial charge in [0, 0.05) is 10.4 Å². The van der Waals surface area contributed by atoms with Crippen molar-refractivity contribution in [2.24, 2.45) is 0 Å². The highest BCUT2D eigenvalue weighted by atomic mass is 35.5. The first-order valence-electron chi connectivity index (χ1n) is 8.86. The van der Waals surface area contributed by atoms with Crippen LogP contribution in [-0.4, -0.2) is 37.4 Å². The topological polar surface area (TPSA) is 86.0 Å². The molecule has 7 nitrogen and oxygen atoms in total. The quantitative estimate of drug-likeness (QED) is 0.502. The van der Waals surface area contributed by atoms with Crippen LogP contribution in [0.2, 0.25) is 5.02 Å². The molecule has 0 spiro atoms. The first-order chi connectivity index (χ1) is 14.3. The molecule has 0 bridgehead atoms. The fourth-order valence-electron chi connectivity index (χ4n) is 3.21. The number of benzene rings is 2.